The monoisotopic (exact) mass is 295 g/mol. The van der Waals surface area contributed by atoms with Gasteiger partial charge >= 0.3 is 0 Å². The van der Waals surface area contributed by atoms with Gasteiger partial charge in [0, 0.05) is 11.5 Å². The van der Waals surface area contributed by atoms with Crippen molar-refractivity contribution in [2.75, 3.05) is 13.2 Å². The third-order valence-corrected chi connectivity index (χ3v) is 4.86. The maximum Gasteiger partial charge on any atom is 0.123 e. The molecule has 1 N–H and O–H groups in total. The number of nitrogens with one attached hydrogen (secondary N) is 1. The standard InChI is InChI=1S/C19H21NO2/c1-19-13-22-18-8-7-15(11-16(18)17(19)9-10-20-19)21-12-14-5-3-2-4-6-14/h2-8,11,17,20H,9-10,12-13H2,1H3/t17-,19+/m0/s1. The van der Waals surface area contributed by atoms with E-state index >= 15 is 0 Å². The van der Waals surface area contributed by atoms with Crippen molar-refractivity contribution < 1.29 is 9.47 Å². The second-order valence-corrected chi connectivity index (χ2v) is 6.45. The molecule has 2 aliphatic heterocycles. The number of hydrogen-bond donors (Lipinski definition) is 1. The van der Waals surface area contributed by atoms with Crippen molar-refractivity contribution in [2.45, 2.75) is 31.4 Å². The fraction of sp³-hybridized carbons (Fsp3) is 0.368. The van der Waals surface area contributed by atoms with Crippen molar-refractivity contribution in [2.24, 2.45) is 0 Å². The van der Waals surface area contributed by atoms with E-state index in [4.69, 9.17) is 9.47 Å². The van der Waals surface area contributed by atoms with Crippen LogP contribution in [-0.4, -0.2) is 18.7 Å². The first-order valence-electron chi connectivity index (χ1n) is 7.93. The van der Waals surface area contributed by atoms with E-state index in [9.17, 15) is 0 Å². The summed E-state index contributed by atoms with van der Waals surface area (Å²) in [5.74, 6) is 2.44. The number of benzene rings is 2. The summed E-state index contributed by atoms with van der Waals surface area (Å²) in [5.41, 5.74) is 2.53. The zero-order valence-electron chi connectivity index (χ0n) is 12.8. The number of ether oxygens (including phenoxy) is 2. The molecular formula is C19H21NO2. The van der Waals surface area contributed by atoms with Crippen molar-refractivity contribution in [1.29, 1.82) is 0 Å². The Labute approximate surface area is 131 Å². The third kappa shape index (κ3) is 2.35. The number of rotatable bonds is 3. The summed E-state index contributed by atoms with van der Waals surface area (Å²) in [6, 6.07) is 16.5. The van der Waals surface area contributed by atoms with Gasteiger partial charge in [-0.05, 0) is 43.7 Å². The van der Waals surface area contributed by atoms with Gasteiger partial charge in [-0.1, -0.05) is 30.3 Å². The van der Waals surface area contributed by atoms with E-state index in [0.717, 1.165) is 31.1 Å². The van der Waals surface area contributed by atoms with Crippen LogP contribution in [0.1, 0.15) is 30.4 Å². The average Bonchev–Trinajstić information content (AvgIpc) is 2.96. The predicted octanol–water partition coefficient (Wildman–Crippen LogP) is 3.49. The van der Waals surface area contributed by atoms with E-state index in [1.807, 2.05) is 30.3 Å². The summed E-state index contributed by atoms with van der Waals surface area (Å²) in [6.45, 7) is 4.65. The Morgan fingerprint density at radius 3 is 2.95 bits per heavy atom. The summed E-state index contributed by atoms with van der Waals surface area (Å²) in [6.07, 6.45) is 1.16. The first-order valence-corrected chi connectivity index (χ1v) is 7.93. The van der Waals surface area contributed by atoms with Gasteiger partial charge in [-0.25, -0.2) is 0 Å². The molecule has 2 atom stereocenters. The molecule has 2 aromatic carbocycles. The molecule has 0 aromatic heterocycles. The van der Waals surface area contributed by atoms with Crippen LogP contribution in [-0.2, 0) is 6.61 Å². The van der Waals surface area contributed by atoms with Crippen LogP contribution in [0.15, 0.2) is 48.5 Å². The van der Waals surface area contributed by atoms with E-state index in [1.54, 1.807) is 0 Å². The van der Waals surface area contributed by atoms with Gasteiger partial charge in [0.15, 0.2) is 0 Å². The summed E-state index contributed by atoms with van der Waals surface area (Å²) < 4.78 is 11.9. The molecule has 0 saturated carbocycles. The van der Waals surface area contributed by atoms with Crippen LogP contribution in [0.25, 0.3) is 0 Å². The topological polar surface area (TPSA) is 30.5 Å². The van der Waals surface area contributed by atoms with E-state index in [0.29, 0.717) is 12.5 Å². The Hall–Kier alpha value is -2.00. The van der Waals surface area contributed by atoms with Crippen LogP contribution >= 0.6 is 0 Å². The molecule has 114 valence electrons. The molecule has 22 heavy (non-hydrogen) atoms. The first kappa shape index (κ1) is 13.6. The zero-order chi connectivity index (χ0) is 15.0. The minimum absolute atomic E-state index is 0.0606. The normalized spacial score (nSPS) is 26.0. The molecule has 2 heterocycles. The lowest BCUT2D eigenvalue weighted by molar-refractivity contribution is 0.170. The zero-order valence-corrected chi connectivity index (χ0v) is 12.8. The number of hydrogen-bond acceptors (Lipinski definition) is 3. The molecule has 3 heteroatoms. The maximum absolute atomic E-state index is 5.96. The molecule has 0 spiro atoms. The maximum atomic E-state index is 5.96. The molecule has 3 nitrogen and oxygen atoms in total. The van der Waals surface area contributed by atoms with Gasteiger partial charge in [-0.15, -0.1) is 0 Å². The Balaban J connectivity index is 1.56. The molecule has 4 rings (SSSR count). The summed E-state index contributed by atoms with van der Waals surface area (Å²) in [7, 11) is 0. The summed E-state index contributed by atoms with van der Waals surface area (Å²) >= 11 is 0. The highest BCUT2D eigenvalue weighted by atomic mass is 16.5. The summed E-state index contributed by atoms with van der Waals surface area (Å²) in [5, 5.41) is 3.59. The van der Waals surface area contributed by atoms with Gasteiger partial charge in [-0.2, -0.15) is 0 Å². The van der Waals surface area contributed by atoms with Crippen molar-refractivity contribution >= 4 is 0 Å². The predicted molar refractivity (Wildman–Crippen MR) is 86.5 cm³/mol. The smallest absolute Gasteiger partial charge is 0.123 e. The average molecular weight is 295 g/mol. The number of fused-ring (bicyclic) bond motifs is 3. The third-order valence-electron chi connectivity index (χ3n) is 4.86. The Morgan fingerprint density at radius 2 is 2.09 bits per heavy atom. The van der Waals surface area contributed by atoms with Crippen molar-refractivity contribution in [1.82, 2.24) is 5.32 Å². The molecule has 2 aromatic rings. The van der Waals surface area contributed by atoms with E-state index < -0.39 is 0 Å². The van der Waals surface area contributed by atoms with E-state index in [2.05, 4.69) is 30.4 Å². The Bertz CT molecular complexity index is 670. The van der Waals surface area contributed by atoms with Gasteiger partial charge < -0.3 is 14.8 Å². The van der Waals surface area contributed by atoms with Crippen LogP contribution < -0.4 is 14.8 Å². The fourth-order valence-electron chi connectivity index (χ4n) is 3.58. The molecule has 1 fully saturated rings. The van der Waals surface area contributed by atoms with E-state index in [1.165, 1.54) is 11.1 Å². The molecule has 0 radical (unpaired) electrons. The minimum Gasteiger partial charge on any atom is -0.491 e. The quantitative estimate of drug-likeness (QED) is 0.940. The van der Waals surface area contributed by atoms with Gasteiger partial charge in [0.2, 0.25) is 0 Å². The lowest BCUT2D eigenvalue weighted by atomic mass is 9.80. The van der Waals surface area contributed by atoms with Crippen molar-refractivity contribution in [3.05, 3.63) is 59.7 Å². The highest BCUT2D eigenvalue weighted by Crippen LogP contribution is 2.45. The molecule has 2 aliphatic rings. The van der Waals surface area contributed by atoms with Gasteiger partial charge in [0.05, 0.1) is 5.54 Å². The highest BCUT2D eigenvalue weighted by Gasteiger charge is 2.44. The Morgan fingerprint density at radius 1 is 1.23 bits per heavy atom. The lowest BCUT2D eigenvalue weighted by Crippen LogP contribution is -2.48. The largest absolute Gasteiger partial charge is 0.491 e. The SMILES string of the molecule is C[C@@]12COc3ccc(OCc4ccccc4)cc3[C@@H]1CCN2. The molecule has 0 unspecified atom stereocenters. The van der Waals surface area contributed by atoms with Gasteiger partial charge in [0.1, 0.15) is 24.7 Å². The molecule has 0 aliphatic carbocycles. The van der Waals surface area contributed by atoms with Crippen molar-refractivity contribution in [3.8, 4) is 11.5 Å². The van der Waals surface area contributed by atoms with Crippen LogP contribution in [0.5, 0.6) is 11.5 Å². The molecule has 0 amide bonds. The van der Waals surface area contributed by atoms with E-state index in [-0.39, 0.29) is 5.54 Å². The second kappa shape index (κ2) is 5.33. The van der Waals surface area contributed by atoms with Crippen LogP contribution in [0.4, 0.5) is 0 Å². The fourth-order valence-corrected chi connectivity index (χ4v) is 3.58. The van der Waals surface area contributed by atoms with Gasteiger partial charge in [-0.3, -0.25) is 0 Å². The molecular weight excluding hydrogens is 274 g/mol. The summed E-state index contributed by atoms with van der Waals surface area (Å²) in [4.78, 5) is 0. The van der Waals surface area contributed by atoms with Crippen LogP contribution in [0, 0.1) is 0 Å². The first-order chi connectivity index (χ1) is 10.7. The van der Waals surface area contributed by atoms with Crippen LogP contribution in [0.2, 0.25) is 0 Å². The second-order valence-electron chi connectivity index (χ2n) is 6.45. The highest BCUT2D eigenvalue weighted by molar-refractivity contribution is 5.46. The molecule has 1 saturated heterocycles. The van der Waals surface area contributed by atoms with Crippen LogP contribution in [0.3, 0.4) is 0 Å². The molecule has 0 bridgehead atoms. The van der Waals surface area contributed by atoms with Crippen molar-refractivity contribution in [3.63, 3.8) is 0 Å². The Kier molecular flexibility index (Phi) is 3.30. The minimum atomic E-state index is 0.0606. The lowest BCUT2D eigenvalue weighted by Gasteiger charge is -2.37. The van der Waals surface area contributed by atoms with Gasteiger partial charge in [0.25, 0.3) is 0 Å².